The van der Waals surface area contributed by atoms with Crippen molar-refractivity contribution >= 4 is 11.9 Å². The third kappa shape index (κ3) is 4.46. The second-order valence-corrected chi connectivity index (χ2v) is 6.63. The fourth-order valence-corrected chi connectivity index (χ4v) is 2.62. The van der Waals surface area contributed by atoms with E-state index in [1.165, 1.54) is 6.07 Å². The Balaban J connectivity index is 1.83. The molecule has 1 fully saturated rings. The van der Waals surface area contributed by atoms with Gasteiger partial charge in [0.2, 0.25) is 5.91 Å². The van der Waals surface area contributed by atoms with Crippen LogP contribution in [0.15, 0.2) is 24.3 Å². The number of amides is 3. The van der Waals surface area contributed by atoms with E-state index in [0.29, 0.717) is 12.1 Å². The molecule has 3 N–H and O–H groups in total. The van der Waals surface area contributed by atoms with Gasteiger partial charge in [-0.15, -0.1) is 0 Å². The summed E-state index contributed by atoms with van der Waals surface area (Å²) in [5.74, 6) is -0.451. The van der Waals surface area contributed by atoms with Crippen molar-refractivity contribution in [1.29, 1.82) is 0 Å². The number of nitrogens with one attached hydrogen (secondary N) is 3. The van der Waals surface area contributed by atoms with Gasteiger partial charge in [-0.25, -0.2) is 9.18 Å². The van der Waals surface area contributed by atoms with Gasteiger partial charge in [-0.3, -0.25) is 4.79 Å². The summed E-state index contributed by atoms with van der Waals surface area (Å²) in [7, 11) is 0. The highest BCUT2D eigenvalue weighted by Gasteiger charge is 2.46. The first kappa shape index (κ1) is 18.2. The highest BCUT2D eigenvalue weighted by Crippen LogP contribution is 2.48. The van der Waals surface area contributed by atoms with E-state index in [0.717, 1.165) is 19.3 Å². The number of hydrogen-bond donors (Lipinski definition) is 3. The van der Waals surface area contributed by atoms with E-state index >= 15 is 0 Å². The predicted octanol–water partition coefficient (Wildman–Crippen LogP) is 2.46. The monoisotopic (exact) mass is 335 g/mol. The topological polar surface area (TPSA) is 70.2 Å². The number of carbonyl (C=O) groups is 2. The molecule has 5 nitrogen and oxygen atoms in total. The molecule has 0 bridgehead atoms. The van der Waals surface area contributed by atoms with Gasteiger partial charge >= 0.3 is 6.03 Å². The maximum absolute atomic E-state index is 13.9. The van der Waals surface area contributed by atoms with Crippen LogP contribution in [0.5, 0.6) is 0 Å². The number of benzene rings is 1. The molecular weight excluding hydrogens is 309 g/mol. The molecule has 3 amide bonds. The largest absolute Gasteiger partial charge is 0.352 e. The first-order valence-corrected chi connectivity index (χ1v) is 8.47. The van der Waals surface area contributed by atoms with Crippen molar-refractivity contribution in [2.75, 3.05) is 6.54 Å². The van der Waals surface area contributed by atoms with Crippen LogP contribution in [0.1, 0.15) is 45.6 Å². The molecular formula is C18H26FN3O2. The molecule has 1 aromatic rings. The third-order valence-electron chi connectivity index (χ3n) is 4.63. The predicted molar refractivity (Wildman–Crippen MR) is 91.2 cm³/mol. The number of hydrogen-bond acceptors (Lipinski definition) is 2. The Labute approximate surface area is 142 Å². The van der Waals surface area contributed by atoms with E-state index in [2.05, 4.69) is 16.0 Å². The Kier molecular flexibility index (Phi) is 5.80. The standard InChI is InChI=1S/C18H26FN3O2/c1-4-12(2)21-16(23)13(3)22-17(24)20-11-18(9-10-18)14-7-5-6-8-15(14)19/h5-8,12-13H,4,9-11H2,1-3H3,(H,21,23)(H2,20,22,24). The fourth-order valence-electron chi connectivity index (χ4n) is 2.62. The summed E-state index contributed by atoms with van der Waals surface area (Å²) in [6.45, 7) is 5.89. The van der Waals surface area contributed by atoms with Gasteiger partial charge in [-0.1, -0.05) is 25.1 Å². The molecule has 0 saturated heterocycles. The lowest BCUT2D eigenvalue weighted by atomic mass is 9.95. The number of halogens is 1. The van der Waals surface area contributed by atoms with Crippen molar-refractivity contribution in [3.05, 3.63) is 35.6 Å². The van der Waals surface area contributed by atoms with Crippen LogP contribution in [-0.2, 0) is 10.2 Å². The Bertz CT molecular complexity index is 602. The zero-order chi connectivity index (χ0) is 17.7. The first-order valence-electron chi connectivity index (χ1n) is 8.47. The summed E-state index contributed by atoms with van der Waals surface area (Å²) in [6.07, 6.45) is 2.52. The zero-order valence-electron chi connectivity index (χ0n) is 14.5. The van der Waals surface area contributed by atoms with Gasteiger partial charge in [-0.2, -0.15) is 0 Å². The van der Waals surface area contributed by atoms with Gasteiger partial charge < -0.3 is 16.0 Å². The van der Waals surface area contributed by atoms with E-state index in [-0.39, 0.29) is 23.2 Å². The molecule has 1 saturated carbocycles. The van der Waals surface area contributed by atoms with Gasteiger partial charge in [0, 0.05) is 18.0 Å². The minimum absolute atomic E-state index is 0.0700. The van der Waals surface area contributed by atoms with Crippen molar-refractivity contribution in [2.24, 2.45) is 0 Å². The maximum Gasteiger partial charge on any atom is 0.315 e. The van der Waals surface area contributed by atoms with Crippen LogP contribution in [0.2, 0.25) is 0 Å². The highest BCUT2D eigenvalue weighted by molar-refractivity contribution is 5.86. The second kappa shape index (κ2) is 7.64. The minimum Gasteiger partial charge on any atom is -0.352 e. The van der Waals surface area contributed by atoms with Crippen molar-refractivity contribution < 1.29 is 14.0 Å². The molecule has 1 aliphatic carbocycles. The average molecular weight is 335 g/mol. The molecule has 132 valence electrons. The summed E-state index contributed by atoms with van der Waals surface area (Å²) in [5, 5.41) is 8.21. The summed E-state index contributed by atoms with van der Waals surface area (Å²) in [5.41, 5.74) is 0.332. The molecule has 0 radical (unpaired) electrons. The fraction of sp³-hybridized carbons (Fsp3) is 0.556. The quantitative estimate of drug-likeness (QED) is 0.716. The molecule has 0 aliphatic heterocycles. The van der Waals surface area contributed by atoms with Crippen LogP contribution in [0.25, 0.3) is 0 Å². The van der Waals surface area contributed by atoms with E-state index in [1.54, 1.807) is 25.1 Å². The molecule has 1 aliphatic rings. The maximum atomic E-state index is 13.9. The average Bonchev–Trinajstić information content (AvgIpc) is 3.34. The van der Waals surface area contributed by atoms with E-state index < -0.39 is 12.1 Å². The zero-order valence-corrected chi connectivity index (χ0v) is 14.5. The van der Waals surface area contributed by atoms with Crippen LogP contribution >= 0.6 is 0 Å². The van der Waals surface area contributed by atoms with Crippen LogP contribution in [0, 0.1) is 5.82 Å². The highest BCUT2D eigenvalue weighted by atomic mass is 19.1. The van der Waals surface area contributed by atoms with E-state index in [9.17, 15) is 14.0 Å². The van der Waals surface area contributed by atoms with Crippen molar-refractivity contribution in [3.63, 3.8) is 0 Å². The molecule has 2 atom stereocenters. The van der Waals surface area contributed by atoms with Gasteiger partial charge in [0.25, 0.3) is 0 Å². The first-order chi connectivity index (χ1) is 11.4. The Morgan fingerprint density at radius 3 is 2.46 bits per heavy atom. The summed E-state index contributed by atoms with van der Waals surface area (Å²) >= 11 is 0. The van der Waals surface area contributed by atoms with Crippen LogP contribution in [0.3, 0.4) is 0 Å². The van der Waals surface area contributed by atoms with Crippen LogP contribution in [-0.4, -0.2) is 30.6 Å². The SMILES string of the molecule is CCC(C)NC(=O)C(C)NC(=O)NCC1(c2ccccc2F)CC1. The molecule has 6 heteroatoms. The van der Waals surface area contributed by atoms with Gasteiger partial charge in [0.15, 0.2) is 0 Å². The van der Waals surface area contributed by atoms with Crippen molar-refractivity contribution in [3.8, 4) is 0 Å². The van der Waals surface area contributed by atoms with Crippen molar-refractivity contribution in [1.82, 2.24) is 16.0 Å². The summed E-state index contributed by atoms with van der Waals surface area (Å²) in [4.78, 5) is 23.9. The smallest absolute Gasteiger partial charge is 0.315 e. The Morgan fingerprint density at radius 2 is 1.88 bits per heavy atom. The van der Waals surface area contributed by atoms with Gasteiger partial charge in [0.05, 0.1) is 0 Å². The molecule has 0 aromatic heterocycles. The second-order valence-electron chi connectivity index (χ2n) is 6.63. The Hall–Kier alpha value is -2.11. The third-order valence-corrected chi connectivity index (χ3v) is 4.63. The normalized spacial score (nSPS) is 17.5. The number of urea groups is 1. The molecule has 1 aromatic carbocycles. The van der Waals surface area contributed by atoms with Crippen LogP contribution in [0.4, 0.5) is 9.18 Å². The van der Waals surface area contributed by atoms with E-state index in [1.807, 2.05) is 13.8 Å². The van der Waals surface area contributed by atoms with Crippen molar-refractivity contribution in [2.45, 2.75) is 57.5 Å². The van der Waals surface area contributed by atoms with Gasteiger partial charge in [-0.05, 0) is 44.7 Å². The number of carbonyl (C=O) groups excluding carboxylic acids is 2. The molecule has 2 unspecified atom stereocenters. The molecule has 2 rings (SSSR count). The Morgan fingerprint density at radius 1 is 1.21 bits per heavy atom. The summed E-state index contributed by atoms with van der Waals surface area (Å²) < 4.78 is 13.9. The molecule has 0 heterocycles. The number of rotatable bonds is 7. The van der Waals surface area contributed by atoms with E-state index in [4.69, 9.17) is 0 Å². The van der Waals surface area contributed by atoms with Crippen LogP contribution < -0.4 is 16.0 Å². The molecule has 0 spiro atoms. The lowest BCUT2D eigenvalue weighted by molar-refractivity contribution is -0.123. The molecule has 24 heavy (non-hydrogen) atoms. The van der Waals surface area contributed by atoms with Gasteiger partial charge in [0.1, 0.15) is 11.9 Å². The lowest BCUT2D eigenvalue weighted by Crippen LogP contribution is -2.51. The summed E-state index contributed by atoms with van der Waals surface area (Å²) in [6, 6.07) is 5.71. The lowest BCUT2D eigenvalue weighted by Gasteiger charge is -2.20. The minimum atomic E-state index is -0.623.